The van der Waals surface area contributed by atoms with Gasteiger partial charge in [-0.1, -0.05) is 13.0 Å². The second kappa shape index (κ2) is 6.83. The number of nitrogens with zero attached hydrogens (tertiary/aromatic N) is 4. The molecule has 1 fully saturated rings. The molecular formula is C16H22N4O. The zero-order valence-corrected chi connectivity index (χ0v) is 12.5. The molecule has 0 spiro atoms. The van der Waals surface area contributed by atoms with Gasteiger partial charge in [-0.25, -0.2) is 4.98 Å². The number of aromatic nitrogens is 3. The van der Waals surface area contributed by atoms with Gasteiger partial charge in [-0.2, -0.15) is 0 Å². The van der Waals surface area contributed by atoms with Gasteiger partial charge in [-0.3, -0.25) is 9.88 Å². The van der Waals surface area contributed by atoms with Gasteiger partial charge in [-0.05, 0) is 18.6 Å². The van der Waals surface area contributed by atoms with E-state index >= 15 is 0 Å². The van der Waals surface area contributed by atoms with Gasteiger partial charge in [0.05, 0.1) is 18.8 Å². The van der Waals surface area contributed by atoms with Crippen LogP contribution in [0.1, 0.15) is 31.0 Å². The first kappa shape index (κ1) is 14.2. The lowest BCUT2D eigenvalue weighted by Crippen LogP contribution is -2.38. The largest absolute Gasteiger partial charge is 0.369 e. The summed E-state index contributed by atoms with van der Waals surface area (Å²) in [5, 5.41) is 0. The number of imidazole rings is 1. The summed E-state index contributed by atoms with van der Waals surface area (Å²) in [5.74, 6) is 1.14. The molecule has 2 aromatic rings. The smallest absolute Gasteiger partial charge is 0.122 e. The van der Waals surface area contributed by atoms with Gasteiger partial charge in [0.2, 0.25) is 0 Å². The molecule has 0 amide bonds. The zero-order chi connectivity index (χ0) is 14.5. The van der Waals surface area contributed by atoms with E-state index in [0.29, 0.717) is 0 Å². The van der Waals surface area contributed by atoms with Gasteiger partial charge in [0.25, 0.3) is 0 Å². The number of rotatable bonds is 5. The lowest BCUT2D eigenvalue weighted by molar-refractivity contribution is -0.0360. The predicted molar refractivity (Wildman–Crippen MR) is 80.7 cm³/mol. The van der Waals surface area contributed by atoms with Crippen LogP contribution in [0, 0.1) is 0 Å². The van der Waals surface area contributed by atoms with Crippen molar-refractivity contribution in [1.82, 2.24) is 19.4 Å². The van der Waals surface area contributed by atoms with E-state index in [1.807, 2.05) is 30.6 Å². The number of hydrogen-bond donors (Lipinski definition) is 0. The van der Waals surface area contributed by atoms with Crippen LogP contribution < -0.4 is 0 Å². The first-order valence-corrected chi connectivity index (χ1v) is 7.61. The van der Waals surface area contributed by atoms with Crippen molar-refractivity contribution in [3.63, 3.8) is 0 Å². The zero-order valence-electron chi connectivity index (χ0n) is 12.5. The van der Waals surface area contributed by atoms with Crippen LogP contribution in [0.25, 0.3) is 0 Å². The van der Waals surface area contributed by atoms with Crippen LogP contribution in [-0.4, -0.2) is 39.1 Å². The Kier molecular flexibility index (Phi) is 4.62. The third-order valence-electron chi connectivity index (χ3n) is 3.80. The Bertz CT molecular complexity index is 554. The van der Waals surface area contributed by atoms with Gasteiger partial charge in [0, 0.05) is 38.2 Å². The van der Waals surface area contributed by atoms with E-state index in [2.05, 4.69) is 32.6 Å². The molecule has 3 rings (SSSR count). The second-order valence-corrected chi connectivity index (χ2v) is 5.39. The molecule has 0 N–H and O–H groups in total. The van der Waals surface area contributed by atoms with Crippen LogP contribution in [-0.2, 0) is 17.8 Å². The average molecular weight is 286 g/mol. The Labute approximate surface area is 125 Å². The van der Waals surface area contributed by atoms with E-state index in [1.54, 1.807) is 0 Å². The molecule has 0 aliphatic carbocycles. The van der Waals surface area contributed by atoms with Crippen molar-refractivity contribution in [2.24, 2.45) is 0 Å². The maximum atomic E-state index is 5.86. The molecule has 21 heavy (non-hydrogen) atoms. The van der Waals surface area contributed by atoms with Gasteiger partial charge >= 0.3 is 0 Å². The monoisotopic (exact) mass is 286 g/mol. The molecule has 0 bridgehead atoms. The van der Waals surface area contributed by atoms with Crippen molar-refractivity contribution < 1.29 is 4.74 Å². The lowest BCUT2D eigenvalue weighted by atomic mass is 10.2. The third kappa shape index (κ3) is 3.49. The van der Waals surface area contributed by atoms with Crippen LogP contribution in [0.2, 0.25) is 0 Å². The molecule has 1 saturated heterocycles. The topological polar surface area (TPSA) is 43.2 Å². The highest BCUT2D eigenvalue weighted by molar-refractivity contribution is 5.08. The first-order chi connectivity index (χ1) is 10.4. The third-order valence-corrected chi connectivity index (χ3v) is 3.80. The van der Waals surface area contributed by atoms with Crippen molar-refractivity contribution in [1.29, 1.82) is 0 Å². The Morgan fingerprint density at radius 1 is 1.29 bits per heavy atom. The number of ether oxygens (including phenoxy) is 1. The normalized spacial score (nSPS) is 19.8. The summed E-state index contributed by atoms with van der Waals surface area (Å²) in [6, 6.07) is 5.98. The van der Waals surface area contributed by atoms with Crippen LogP contribution in [0.15, 0.2) is 36.8 Å². The van der Waals surface area contributed by atoms with E-state index in [0.717, 1.165) is 50.7 Å². The fraction of sp³-hybridized carbons (Fsp3) is 0.500. The molecule has 0 radical (unpaired) electrons. The molecule has 1 aliphatic heterocycles. The van der Waals surface area contributed by atoms with Crippen molar-refractivity contribution in [3.8, 4) is 0 Å². The van der Waals surface area contributed by atoms with Crippen molar-refractivity contribution in [2.45, 2.75) is 32.5 Å². The summed E-state index contributed by atoms with van der Waals surface area (Å²) >= 11 is 0. The Morgan fingerprint density at radius 3 is 3.05 bits per heavy atom. The van der Waals surface area contributed by atoms with Crippen LogP contribution in [0.3, 0.4) is 0 Å². The Balaban J connectivity index is 1.65. The summed E-state index contributed by atoms with van der Waals surface area (Å²) < 4.78 is 8.10. The summed E-state index contributed by atoms with van der Waals surface area (Å²) in [6.07, 6.45) is 6.97. The minimum atomic E-state index is 0.0644. The summed E-state index contributed by atoms with van der Waals surface area (Å²) in [5.41, 5.74) is 1.01. The van der Waals surface area contributed by atoms with Gasteiger partial charge in [-0.15, -0.1) is 0 Å². The Morgan fingerprint density at radius 2 is 2.24 bits per heavy atom. The number of morpholine rings is 1. The fourth-order valence-electron chi connectivity index (χ4n) is 2.73. The molecule has 112 valence electrons. The molecule has 2 aromatic heterocycles. The van der Waals surface area contributed by atoms with Crippen LogP contribution in [0.4, 0.5) is 0 Å². The van der Waals surface area contributed by atoms with Crippen molar-refractivity contribution in [2.75, 3.05) is 19.7 Å². The molecule has 1 aliphatic rings. The number of hydrogen-bond acceptors (Lipinski definition) is 4. The lowest BCUT2D eigenvalue weighted by Gasteiger charge is -2.32. The van der Waals surface area contributed by atoms with Crippen LogP contribution in [0.5, 0.6) is 0 Å². The summed E-state index contributed by atoms with van der Waals surface area (Å²) in [4.78, 5) is 11.3. The highest BCUT2D eigenvalue weighted by atomic mass is 16.5. The van der Waals surface area contributed by atoms with Gasteiger partial charge < -0.3 is 9.30 Å². The standard InChI is InChI=1S/C16H22N4O/c1-2-8-20-9-7-18-16(20)13-19-10-11-21-15(12-19)14-5-3-4-6-17-14/h3-7,9,15H,2,8,10-13H2,1H3. The van der Waals surface area contributed by atoms with E-state index in [-0.39, 0.29) is 6.10 Å². The first-order valence-electron chi connectivity index (χ1n) is 7.61. The van der Waals surface area contributed by atoms with E-state index in [1.165, 1.54) is 0 Å². The highest BCUT2D eigenvalue weighted by Crippen LogP contribution is 2.21. The summed E-state index contributed by atoms with van der Waals surface area (Å²) in [7, 11) is 0. The fourth-order valence-corrected chi connectivity index (χ4v) is 2.73. The minimum absolute atomic E-state index is 0.0644. The molecule has 5 heteroatoms. The molecule has 5 nitrogen and oxygen atoms in total. The highest BCUT2D eigenvalue weighted by Gasteiger charge is 2.23. The second-order valence-electron chi connectivity index (χ2n) is 5.39. The quantitative estimate of drug-likeness (QED) is 0.845. The van der Waals surface area contributed by atoms with E-state index in [9.17, 15) is 0 Å². The minimum Gasteiger partial charge on any atom is -0.369 e. The summed E-state index contributed by atoms with van der Waals surface area (Å²) in [6.45, 7) is 6.66. The maximum Gasteiger partial charge on any atom is 0.122 e. The van der Waals surface area contributed by atoms with Gasteiger partial charge in [0.15, 0.2) is 0 Å². The maximum absolute atomic E-state index is 5.86. The Hall–Kier alpha value is -1.72. The number of pyridine rings is 1. The average Bonchev–Trinajstić information content (AvgIpc) is 2.96. The number of aryl methyl sites for hydroxylation is 1. The van der Waals surface area contributed by atoms with Crippen molar-refractivity contribution >= 4 is 0 Å². The van der Waals surface area contributed by atoms with Crippen molar-refractivity contribution in [3.05, 3.63) is 48.3 Å². The predicted octanol–water partition coefficient (Wildman–Crippen LogP) is 2.26. The molecule has 0 aromatic carbocycles. The molecule has 1 unspecified atom stereocenters. The van der Waals surface area contributed by atoms with Gasteiger partial charge in [0.1, 0.15) is 11.9 Å². The SMILES string of the molecule is CCCn1ccnc1CN1CCOC(c2ccccn2)C1. The molecule has 0 saturated carbocycles. The van der Waals surface area contributed by atoms with E-state index < -0.39 is 0 Å². The molecule has 3 heterocycles. The van der Waals surface area contributed by atoms with Crippen LogP contribution >= 0.6 is 0 Å². The molecule has 1 atom stereocenters. The van der Waals surface area contributed by atoms with E-state index in [4.69, 9.17) is 4.74 Å². The molecular weight excluding hydrogens is 264 g/mol.